The van der Waals surface area contributed by atoms with Crippen LogP contribution in [0.2, 0.25) is 0 Å². The Labute approximate surface area is 110 Å². The van der Waals surface area contributed by atoms with Gasteiger partial charge >= 0.3 is 0 Å². The van der Waals surface area contributed by atoms with Crippen molar-refractivity contribution in [3.8, 4) is 0 Å². The van der Waals surface area contributed by atoms with Gasteiger partial charge in [-0.15, -0.1) is 0 Å². The first-order chi connectivity index (χ1) is 9.22. The van der Waals surface area contributed by atoms with E-state index in [1.54, 1.807) is 6.07 Å². The molecule has 2 nitrogen and oxygen atoms in total. The van der Waals surface area contributed by atoms with Crippen LogP contribution in [-0.4, -0.2) is 0 Å². The van der Waals surface area contributed by atoms with Gasteiger partial charge < -0.3 is 10.2 Å². The van der Waals surface area contributed by atoms with Gasteiger partial charge in [-0.25, -0.2) is 4.39 Å². The lowest BCUT2D eigenvalue weighted by atomic mass is 10.0. The van der Waals surface area contributed by atoms with Gasteiger partial charge in [0.05, 0.1) is 6.04 Å². The molecule has 3 aromatic rings. The summed E-state index contributed by atoms with van der Waals surface area (Å²) in [6.45, 7) is 0. The van der Waals surface area contributed by atoms with Crippen LogP contribution in [0.25, 0.3) is 11.0 Å². The quantitative estimate of drug-likeness (QED) is 0.772. The number of furan rings is 1. The van der Waals surface area contributed by atoms with E-state index < -0.39 is 0 Å². The highest BCUT2D eigenvalue weighted by Crippen LogP contribution is 2.24. The maximum Gasteiger partial charge on any atom is 0.134 e. The number of halogens is 1. The molecule has 96 valence electrons. The number of fused-ring (bicyclic) bond motifs is 1. The summed E-state index contributed by atoms with van der Waals surface area (Å²) in [7, 11) is 0. The van der Waals surface area contributed by atoms with Gasteiger partial charge in [0.25, 0.3) is 0 Å². The first kappa shape index (κ1) is 11.9. The molecule has 1 aromatic heterocycles. The van der Waals surface area contributed by atoms with Gasteiger partial charge in [-0.3, -0.25) is 0 Å². The molecule has 0 aliphatic rings. The summed E-state index contributed by atoms with van der Waals surface area (Å²) in [5.74, 6) is 0.486. The van der Waals surface area contributed by atoms with Gasteiger partial charge in [-0.2, -0.15) is 0 Å². The summed E-state index contributed by atoms with van der Waals surface area (Å²) in [6.07, 6.45) is 0.553. The van der Waals surface area contributed by atoms with E-state index in [0.717, 1.165) is 22.3 Å². The van der Waals surface area contributed by atoms with Crippen molar-refractivity contribution < 1.29 is 8.81 Å². The molecule has 0 fully saturated rings. The van der Waals surface area contributed by atoms with Crippen molar-refractivity contribution >= 4 is 11.0 Å². The van der Waals surface area contributed by atoms with Crippen LogP contribution in [0.4, 0.5) is 4.39 Å². The summed E-state index contributed by atoms with van der Waals surface area (Å²) in [5.41, 5.74) is 7.82. The van der Waals surface area contributed by atoms with Crippen molar-refractivity contribution in [2.45, 2.75) is 12.5 Å². The minimum Gasteiger partial charge on any atom is -0.459 e. The van der Waals surface area contributed by atoms with Gasteiger partial charge in [0, 0.05) is 5.39 Å². The first-order valence-corrected chi connectivity index (χ1v) is 6.21. The highest BCUT2D eigenvalue weighted by molar-refractivity contribution is 5.77. The van der Waals surface area contributed by atoms with Crippen LogP contribution in [0.15, 0.2) is 59.0 Å². The van der Waals surface area contributed by atoms with Crippen molar-refractivity contribution in [2.75, 3.05) is 0 Å². The molecule has 0 saturated heterocycles. The number of nitrogens with two attached hydrogens (primary N) is 1. The van der Waals surface area contributed by atoms with Gasteiger partial charge in [0.1, 0.15) is 17.2 Å². The largest absolute Gasteiger partial charge is 0.459 e. The highest BCUT2D eigenvalue weighted by atomic mass is 19.1. The van der Waals surface area contributed by atoms with Crippen LogP contribution in [0.1, 0.15) is 17.4 Å². The van der Waals surface area contributed by atoms with Crippen LogP contribution in [0.3, 0.4) is 0 Å². The Hall–Kier alpha value is -2.13. The van der Waals surface area contributed by atoms with E-state index in [-0.39, 0.29) is 11.9 Å². The molecule has 2 aromatic carbocycles. The second kappa shape index (κ2) is 4.86. The first-order valence-electron chi connectivity index (χ1n) is 6.21. The molecule has 1 unspecified atom stereocenters. The zero-order valence-electron chi connectivity index (χ0n) is 10.3. The van der Waals surface area contributed by atoms with E-state index >= 15 is 0 Å². The van der Waals surface area contributed by atoms with Crippen LogP contribution < -0.4 is 5.73 Å². The monoisotopic (exact) mass is 255 g/mol. The standard InChI is InChI=1S/C16H14FNO/c17-13-6-3-4-11(8-13)9-14(18)16-10-12-5-1-2-7-15(12)19-16/h1-8,10,14H,9,18H2. The van der Waals surface area contributed by atoms with Crippen LogP contribution in [0, 0.1) is 5.82 Å². The second-order valence-corrected chi connectivity index (χ2v) is 4.63. The number of rotatable bonds is 3. The maximum absolute atomic E-state index is 13.1. The SMILES string of the molecule is NC(Cc1cccc(F)c1)c1cc2ccccc2o1. The number of hydrogen-bond donors (Lipinski definition) is 1. The van der Waals surface area contributed by atoms with Gasteiger partial charge in [0.2, 0.25) is 0 Å². The molecule has 0 bridgehead atoms. The van der Waals surface area contributed by atoms with E-state index in [2.05, 4.69) is 0 Å². The zero-order chi connectivity index (χ0) is 13.2. The smallest absolute Gasteiger partial charge is 0.134 e. The number of para-hydroxylation sites is 1. The van der Waals surface area contributed by atoms with Gasteiger partial charge in [-0.1, -0.05) is 30.3 Å². The third kappa shape index (κ3) is 2.51. The number of benzene rings is 2. The van der Waals surface area contributed by atoms with E-state index in [0.29, 0.717) is 6.42 Å². The van der Waals surface area contributed by atoms with Crippen molar-refractivity contribution in [3.63, 3.8) is 0 Å². The molecule has 3 heteroatoms. The molecule has 0 saturated carbocycles. The van der Waals surface area contributed by atoms with Crippen molar-refractivity contribution in [2.24, 2.45) is 5.73 Å². The summed E-state index contributed by atoms with van der Waals surface area (Å²) in [4.78, 5) is 0. The fourth-order valence-corrected chi connectivity index (χ4v) is 2.20. The fourth-order valence-electron chi connectivity index (χ4n) is 2.20. The third-order valence-electron chi connectivity index (χ3n) is 3.15. The van der Waals surface area contributed by atoms with E-state index in [4.69, 9.17) is 10.2 Å². The van der Waals surface area contributed by atoms with Crippen LogP contribution in [-0.2, 0) is 6.42 Å². The lowest BCUT2D eigenvalue weighted by Gasteiger charge is -2.08. The Bertz CT molecular complexity index is 672. The molecule has 0 radical (unpaired) electrons. The third-order valence-corrected chi connectivity index (χ3v) is 3.15. The summed E-state index contributed by atoms with van der Waals surface area (Å²) < 4.78 is 18.8. The summed E-state index contributed by atoms with van der Waals surface area (Å²) in [5, 5.41) is 1.03. The Morgan fingerprint density at radius 3 is 2.68 bits per heavy atom. The maximum atomic E-state index is 13.1. The molecule has 0 aliphatic carbocycles. The minimum atomic E-state index is -0.269. The number of hydrogen-bond acceptors (Lipinski definition) is 2. The predicted octanol–water partition coefficient (Wildman–Crippen LogP) is 3.81. The lowest BCUT2D eigenvalue weighted by Crippen LogP contribution is -2.12. The van der Waals surface area contributed by atoms with Crippen LogP contribution >= 0.6 is 0 Å². The second-order valence-electron chi connectivity index (χ2n) is 4.63. The molecule has 0 spiro atoms. The molecule has 0 aliphatic heterocycles. The van der Waals surface area contributed by atoms with Crippen LogP contribution in [0.5, 0.6) is 0 Å². The van der Waals surface area contributed by atoms with Crippen molar-refractivity contribution in [1.29, 1.82) is 0 Å². The zero-order valence-corrected chi connectivity index (χ0v) is 10.3. The Kier molecular flexibility index (Phi) is 3.05. The summed E-state index contributed by atoms with van der Waals surface area (Å²) in [6, 6.07) is 15.9. The summed E-state index contributed by atoms with van der Waals surface area (Å²) >= 11 is 0. The predicted molar refractivity (Wildman–Crippen MR) is 73.2 cm³/mol. The highest BCUT2D eigenvalue weighted by Gasteiger charge is 2.12. The molecule has 3 rings (SSSR count). The van der Waals surface area contributed by atoms with Gasteiger partial charge in [-0.05, 0) is 36.2 Å². The molecule has 1 atom stereocenters. The van der Waals surface area contributed by atoms with E-state index in [9.17, 15) is 4.39 Å². The average molecular weight is 255 g/mol. The van der Waals surface area contributed by atoms with E-state index in [1.807, 2.05) is 36.4 Å². The molecular formula is C16H14FNO. The molecule has 1 heterocycles. The normalized spacial score (nSPS) is 12.7. The average Bonchev–Trinajstić information content (AvgIpc) is 2.82. The molecular weight excluding hydrogens is 241 g/mol. The molecule has 0 amide bonds. The van der Waals surface area contributed by atoms with Gasteiger partial charge in [0.15, 0.2) is 0 Å². The minimum absolute atomic E-state index is 0.241. The van der Waals surface area contributed by atoms with Crippen molar-refractivity contribution in [3.05, 3.63) is 71.7 Å². The molecule has 19 heavy (non-hydrogen) atoms. The Morgan fingerprint density at radius 1 is 1.05 bits per heavy atom. The lowest BCUT2D eigenvalue weighted by molar-refractivity contribution is 0.493. The van der Waals surface area contributed by atoms with E-state index in [1.165, 1.54) is 12.1 Å². The fraction of sp³-hybridized carbons (Fsp3) is 0.125. The molecule has 2 N–H and O–H groups in total. The topological polar surface area (TPSA) is 39.2 Å². The Balaban J connectivity index is 1.85. The Morgan fingerprint density at radius 2 is 1.89 bits per heavy atom. The van der Waals surface area contributed by atoms with Crippen molar-refractivity contribution in [1.82, 2.24) is 0 Å².